The van der Waals surface area contributed by atoms with E-state index in [0.717, 1.165) is 0 Å². The Labute approximate surface area is 49.8 Å². The summed E-state index contributed by atoms with van der Waals surface area (Å²) in [5, 5.41) is 0. The van der Waals surface area contributed by atoms with Crippen LogP contribution in [0, 0.1) is 5.92 Å². The van der Waals surface area contributed by atoms with Gasteiger partial charge in [0.1, 0.15) is 6.10 Å². The smallest absolute Gasteiger partial charge is 0.230 e. The molecule has 0 N–H and O–H groups in total. The molecule has 0 saturated carbocycles. The molecule has 0 heterocycles. The van der Waals surface area contributed by atoms with Crippen molar-refractivity contribution in [1.82, 2.24) is 0 Å². The molecule has 1 atom stereocenters. The molecule has 1 unspecified atom stereocenters. The number of rotatable bonds is 3. The molecule has 0 aliphatic carbocycles. The molecule has 8 heavy (non-hydrogen) atoms. The topological polar surface area (TPSA) is 26.3 Å². The van der Waals surface area contributed by atoms with E-state index in [1.54, 1.807) is 6.29 Å². The fourth-order valence-corrected chi connectivity index (χ4v) is 0.456. The molecule has 0 aromatic carbocycles. The third-order valence-electron chi connectivity index (χ3n) is 0.976. The van der Waals surface area contributed by atoms with Gasteiger partial charge in [-0.3, -0.25) is 4.79 Å². The van der Waals surface area contributed by atoms with Gasteiger partial charge in [0.2, 0.25) is 6.29 Å². The first kappa shape index (κ1) is 7.63. The minimum Gasteiger partial charge on any atom is -0.373 e. The Morgan fingerprint density at radius 1 is 1.50 bits per heavy atom. The van der Waals surface area contributed by atoms with E-state index in [0.29, 0.717) is 0 Å². The predicted molar refractivity (Wildman–Crippen MR) is 31.3 cm³/mol. The Morgan fingerprint density at radius 2 is 2.00 bits per heavy atom. The second-order valence-corrected chi connectivity index (χ2v) is 2.02. The molecule has 0 bridgehead atoms. The first-order valence-electron chi connectivity index (χ1n) is 2.62. The van der Waals surface area contributed by atoms with Crippen LogP contribution >= 0.6 is 0 Å². The lowest BCUT2D eigenvalue weighted by atomic mass is 10.1. The number of hydrogen-bond donors (Lipinski definition) is 0. The van der Waals surface area contributed by atoms with Crippen LogP contribution in [0.2, 0.25) is 0 Å². The number of methoxy groups -OCH3 is 1. The van der Waals surface area contributed by atoms with Gasteiger partial charge in [-0.2, -0.15) is 0 Å². The molecule has 0 saturated heterocycles. The average molecular weight is 115 g/mol. The summed E-state index contributed by atoms with van der Waals surface area (Å²) in [4.78, 5) is 9.93. The van der Waals surface area contributed by atoms with Crippen molar-refractivity contribution in [1.29, 1.82) is 0 Å². The molecular weight excluding hydrogens is 104 g/mol. The van der Waals surface area contributed by atoms with Crippen LogP contribution in [0.5, 0.6) is 0 Å². The van der Waals surface area contributed by atoms with Crippen molar-refractivity contribution in [2.24, 2.45) is 5.92 Å². The summed E-state index contributed by atoms with van der Waals surface area (Å²) in [6.07, 6.45) is 1.43. The van der Waals surface area contributed by atoms with Gasteiger partial charge in [-0.1, -0.05) is 13.8 Å². The standard InChI is InChI=1S/C6H11O2/c1-5(2)6(4-7)8-3/h5-6H,1-3H3. The fraction of sp³-hybridized carbons (Fsp3) is 0.833. The normalized spacial score (nSPS) is 14.0. The Hall–Kier alpha value is -0.370. The van der Waals surface area contributed by atoms with E-state index in [1.165, 1.54) is 7.11 Å². The van der Waals surface area contributed by atoms with Gasteiger partial charge in [0.05, 0.1) is 0 Å². The minimum atomic E-state index is -0.352. The van der Waals surface area contributed by atoms with E-state index in [1.807, 2.05) is 13.8 Å². The zero-order valence-electron chi connectivity index (χ0n) is 5.47. The first-order valence-corrected chi connectivity index (χ1v) is 2.62. The van der Waals surface area contributed by atoms with E-state index in [4.69, 9.17) is 4.74 Å². The van der Waals surface area contributed by atoms with Crippen LogP contribution in [0.1, 0.15) is 13.8 Å². The van der Waals surface area contributed by atoms with Crippen molar-refractivity contribution >= 4 is 6.29 Å². The lowest BCUT2D eigenvalue weighted by Gasteiger charge is -2.09. The molecule has 1 radical (unpaired) electrons. The van der Waals surface area contributed by atoms with Gasteiger partial charge in [0.15, 0.2) is 0 Å². The highest BCUT2D eigenvalue weighted by Crippen LogP contribution is 2.00. The maximum atomic E-state index is 9.93. The van der Waals surface area contributed by atoms with Crippen molar-refractivity contribution in [3.63, 3.8) is 0 Å². The maximum absolute atomic E-state index is 9.93. The fourth-order valence-electron chi connectivity index (χ4n) is 0.456. The highest BCUT2D eigenvalue weighted by atomic mass is 16.5. The van der Waals surface area contributed by atoms with Gasteiger partial charge in [-0.05, 0) is 5.92 Å². The molecule has 0 aliphatic heterocycles. The SMILES string of the molecule is COC([C]=O)C(C)C. The summed E-state index contributed by atoms with van der Waals surface area (Å²) >= 11 is 0. The second kappa shape index (κ2) is 3.61. The highest BCUT2D eigenvalue weighted by molar-refractivity contribution is 5.57. The van der Waals surface area contributed by atoms with Crippen molar-refractivity contribution in [2.45, 2.75) is 20.0 Å². The second-order valence-electron chi connectivity index (χ2n) is 2.02. The Kier molecular flexibility index (Phi) is 3.44. The molecule has 0 aromatic rings. The van der Waals surface area contributed by atoms with E-state index < -0.39 is 0 Å². The lowest BCUT2D eigenvalue weighted by molar-refractivity contribution is 0.116. The molecule has 0 spiro atoms. The summed E-state index contributed by atoms with van der Waals surface area (Å²) in [6.45, 7) is 3.83. The van der Waals surface area contributed by atoms with Crippen LogP contribution in [-0.4, -0.2) is 19.5 Å². The molecule has 0 rings (SSSR count). The molecule has 2 nitrogen and oxygen atoms in total. The largest absolute Gasteiger partial charge is 0.373 e. The Balaban J connectivity index is 3.51. The molecule has 0 aliphatic rings. The van der Waals surface area contributed by atoms with E-state index in [2.05, 4.69) is 0 Å². The zero-order chi connectivity index (χ0) is 6.57. The highest BCUT2D eigenvalue weighted by Gasteiger charge is 2.09. The zero-order valence-corrected chi connectivity index (χ0v) is 5.47. The lowest BCUT2D eigenvalue weighted by Crippen LogP contribution is -2.18. The quantitative estimate of drug-likeness (QED) is 0.543. The molecule has 2 heteroatoms. The van der Waals surface area contributed by atoms with Crippen molar-refractivity contribution in [3.05, 3.63) is 0 Å². The van der Waals surface area contributed by atoms with Gasteiger partial charge < -0.3 is 4.74 Å². The van der Waals surface area contributed by atoms with E-state index >= 15 is 0 Å². The van der Waals surface area contributed by atoms with Gasteiger partial charge in [0.25, 0.3) is 0 Å². The molecule has 0 aromatic heterocycles. The third-order valence-corrected chi connectivity index (χ3v) is 0.976. The van der Waals surface area contributed by atoms with Crippen LogP contribution in [-0.2, 0) is 9.53 Å². The van der Waals surface area contributed by atoms with Gasteiger partial charge in [0, 0.05) is 7.11 Å². The number of hydrogen-bond acceptors (Lipinski definition) is 2. The van der Waals surface area contributed by atoms with Gasteiger partial charge in [-0.15, -0.1) is 0 Å². The Bertz CT molecular complexity index is 68.9. The Morgan fingerprint density at radius 3 is 2.00 bits per heavy atom. The number of carbonyl (C=O) groups excluding carboxylic acids is 1. The molecule has 0 fully saturated rings. The summed E-state index contributed by atoms with van der Waals surface area (Å²) in [5.41, 5.74) is 0. The average Bonchev–Trinajstić information content (AvgIpc) is 1.69. The van der Waals surface area contributed by atoms with Crippen LogP contribution < -0.4 is 0 Å². The van der Waals surface area contributed by atoms with Crippen molar-refractivity contribution in [2.75, 3.05) is 7.11 Å². The summed E-state index contributed by atoms with van der Waals surface area (Å²) < 4.78 is 4.74. The minimum absolute atomic E-state index is 0.234. The van der Waals surface area contributed by atoms with Gasteiger partial charge >= 0.3 is 0 Å². The molecule has 47 valence electrons. The van der Waals surface area contributed by atoms with E-state index in [-0.39, 0.29) is 12.0 Å². The van der Waals surface area contributed by atoms with Crippen molar-refractivity contribution < 1.29 is 9.53 Å². The summed E-state index contributed by atoms with van der Waals surface area (Å²) in [5.74, 6) is 0.234. The third kappa shape index (κ3) is 2.07. The van der Waals surface area contributed by atoms with Crippen LogP contribution in [0.3, 0.4) is 0 Å². The van der Waals surface area contributed by atoms with E-state index in [9.17, 15) is 4.79 Å². The molecule has 0 amide bonds. The monoisotopic (exact) mass is 115 g/mol. The maximum Gasteiger partial charge on any atom is 0.230 e. The van der Waals surface area contributed by atoms with Crippen LogP contribution in [0.15, 0.2) is 0 Å². The number of ether oxygens (including phenoxy) is 1. The predicted octanol–water partition coefficient (Wildman–Crippen LogP) is 0.767. The van der Waals surface area contributed by atoms with Crippen LogP contribution in [0.25, 0.3) is 0 Å². The van der Waals surface area contributed by atoms with Crippen LogP contribution in [0.4, 0.5) is 0 Å². The summed E-state index contributed by atoms with van der Waals surface area (Å²) in [7, 11) is 1.51. The first-order chi connectivity index (χ1) is 3.72. The van der Waals surface area contributed by atoms with Gasteiger partial charge in [-0.25, -0.2) is 0 Å². The molecular formula is C6H11O2. The summed E-state index contributed by atoms with van der Waals surface area (Å²) in [6, 6.07) is 0. The van der Waals surface area contributed by atoms with Crippen molar-refractivity contribution in [3.8, 4) is 0 Å².